The van der Waals surface area contributed by atoms with Gasteiger partial charge in [0.05, 0.1) is 0 Å². The number of hydrogen-bond acceptors (Lipinski definition) is 4. The van der Waals surface area contributed by atoms with E-state index in [-0.39, 0.29) is 5.69 Å². The zero-order valence-electron chi connectivity index (χ0n) is 13.0. The van der Waals surface area contributed by atoms with Gasteiger partial charge in [-0.2, -0.15) is 0 Å². The van der Waals surface area contributed by atoms with Crippen molar-refractivity contribution in [2.24, 2.45) is 0 Å². The van der Waals surface area contributed by atoms with Crippen LogP contribution < -0.4 is 5.32 Å². The lowest BCUT2D eigenvalue weighted by Crippen LogP contribution is -2.34. The third-order valence-electron chi connectivity index (χ3n) is 3.84. The Morgan fingerprint density at radius 2 is 1.87 bits per heavy atom. The fourth-order valence-electron chi connectivity index (χ4n) is 2.63. The molecular formula is C17H18N2O4. The van der Waals surface area contributed by atoms with Crippen LogP contribution in [0.1, 0.15) is 57.7 Å². The molecule has 1 aliphatic rings. The maximum absolute atomic E-state index is 12.3. The Morgan fingerprint density at radius 1 is 1.22 bits per heavy atom. The molecule has 1 aromatic heterocycles. The molecule has 1 aromatic carbocycles. The Balaban J connectivity index is 1.80. The molecule has 6 heteroatoms. The van der Waals surface area contributed by atoms with Crippen LogP contribution in [0.5, 0.6) is 0 Å². The van der Waals surface area contributed by atoms with Gasteiger partial charge >= 0.3 is 5.97 Å². The zero-order valence-corrected chi connectivity index (χ0v) is 13.0. The average molecular weight is 314 g/mol. The first-order valence-corrected chi connectivity index (χ1v) is 7.52. The molecule has 23 heavy (non-hydrogen) atoms. The summed E-state index contributed by atoms with van der Waals surface area (Å²) >= 11 is 0. The van der Waals surface area contributed by atoms with E-state index in [4.69, 9.17) is 4.52 Å². The normalized spacial score (nSPS) is 15.2. The van der Waals surface area contributed by atoms with Crippen LogP contribution in [0.2, 0.25) is 0 Å². The summed E-state index contributed by atoms with van der Waals surface area (Å²) in [5.41, 5.74) is 2.53. The minimum Gasteiger partial charge on any atom is -0.479 e. The second-order valence-corrected chi connectivity index (χ2v) is 6.05. The van der Waals surface area contributed by atoms with Crippen LogP contribution in [0, 0.1) is 13.8 Å². The van der Waals surface area contributed by atoms with Crippen molar-refractivity contribution in [2.75, 3.05) is 0 Å². The number of rotatable bonds is 5. The molecule has 2 aromatic rings. The van der Waals surface area contributed by atoms with Crippen LogP contribution >= 0.6 is 0 Å². The first-order valence-electron chi connectivity index (χ1n) is 7.52. The Kier molecular flexibility index (Phi) is 3.90. The van der Waals surface area contributed by atoms with Crippen LogP contribution in [0.15, 0.2) is 28.8 Å². The maximum atomic E-state index is 12.3. The molecule has 0 radical (unpaired) electrons. The number of aliphatic carboxylic acids is 1. The van der Waals surface area contributed by atoms with Gasteiger partial charge < -0.3 is 14.9 Å². The highest BCUT2D eigenvalue weighted by atomic mass is 16.5. The van der Waals surface area contributed by atoms with Crippen LogP contribution in [0.4, 0.5) is 0 Å². The quantitative estimate of drug-likeness (QED) is 0.885. The molecule has 0 spiro atoms. The first kappa shape index (κ1) is 15.3. The highest BCUT2D eigenvalue weighted by Gasteiger charge is 2.30. The van der Waals surface area contributed by atoms with E-state index in [1.807, 2.05) is 19.9 Å². The van der Waals surface area contributed by atoms with Crippen molar-refractivity contribution >= 4 is 11.9 Å². The van der Waals surface area contributed by atoms with Crippen molar-refractivity contribution in [1.82, 2.24) is 10.5 Å². The molecule has 1 fully saturated rings. The fourth-order valence-corrected chi connectivity index (χ4v) is 2.63. The van der Waals surface area contributed by atoms with Gasteiger partial charge in [0.1, 0.15) is 5.76 Å². The van der Waals surface area contributed by atoms with E-state index < -0.39 is 17.9 Å². The summed E-state index contributed by atoms with van der Waals surface area (Å²) in [7, 11) is 0. The first-order chi connectivity index (χ1) is 10.9. The van der Waals surface area contributed by atoms with Gasteiger partial charge in [-0.1, -0.05) is 34.5 Å². The average Bonchev–Trinajstić information content (AvgIpc) is 3.20. The van der Waals surface area contributed by atoms with Crippen LogP contribution in [-0.4, -0.2) is 22.1 Å². The van der Waals surface area contributed by atoms with E-state index >= 15 is 0 Å². The maximum Gasteiger partial charge on any atom is 0.330 e. The van der Waals surface area contributed by atoms with Crippen LogP contribution in [0.3, 0.4) is 0 Å². The topological polar surface area (TPSA) is 92.4 Å². The second kappa shape index (κ2) is 5.87. The van der Waals surface area contributed by atoms with Gasteiger partial charge in [0.25, 0.3) is 5.91 Å². The largest absolute Gasteiger partial charge is 0.479 e. The monoisotopic (exact) mass is 314 g/mol. The van der Waals surface area contributed by atoms with Gasteiger partial charge in [0.15, 0.2) is 11.7 Å². The van der Waals surface area contributed by atoms with Gasteiger partial charge in [0.2, 0.25) is 0 Å². The highest BCUT2D eigenvalue weighted by molar-refractivity contribution is 5.95. The molecule has 2 N–H and O–H groups in total. The molecule has 1 unspecified atom stereocenters. The lowest BCUT2D eigenvalue weighted by molar-refractivity contribution is -0.139. The molecule has 3 rings (SSSR count). The summed E-state index contributed by atoms with van der Waals surface area (Å²) in [6.45, 7) is 3.77. The third-order valence-corrected chi connectivity index (χ3v) is 3.84. The number of nitrogens with one attached hydrogen (secondary N) is 1. The molecule has 1 amide bonds. The lowest BCUT2D eigenvalue weighted by Gasteiger charge is -2.15. The second-order valence-electron chi connectivity index (χ2n) is 6.05. The summed E-state index contributed by atoms with van der Waals surface area (Å²) in [6.07, 6.45) is 2.08. The van der Waals surface area contributed by atoms with Gasteiger partial charge in [0, 0.05) is 12.0 Å². The summed E-state index contributed by atoms with van der Waals surface area (Å²) in [6, 6.07) is 5.92. The number of carbonyl (C=O) groups excluding carboxylic acids is 1. The van der Waals surface area contributed by atoms with Crippen molar-refractivity contribution in [3.63, 3.8) is 0 Å². The molecule has 1 heterocycles. The van der Waals surface area contributed by atoms with E-state index in [2.05, 4.69) is 10.5 Å². The summed E-state index contributed by atoms with van der Waals surface area (Å²) in [5, 5.41) is 15.7. The molecule has 0 aliphatic heterocycles. The fraction of sp³-hybridized carbons (Fsp3) is 0.353. The van der Waals surface area contributed by atoms with Crippen LogP contribution in [-0.2, 0) is 4.79 Å². The minimum absolute atomic E-state index is 0.113. The summed E-state index contributed by atoms with van der Waals surface area (Å²) < 4.78 is 5.14. The Morgan fingerprint density at radius 3 is 2.43 bits per heavy atom. The van der Waals surface area contributed by atoms with Crippen LogP contribution in [0.25, 0.3) is 0 Å². The zero-order chi connectivity index (χ0) is 16.6. The van der Waals surface area contributed by atoms with Crippen molar-refractivity contribution in [1.29, 1.82) is 0 Å². The number of carboxylic acid groups (broad SMARTS) is 1. The lowest BCUT2D eigenvalue weighted by atomic mass is 10.0. The number of benzene rings is 1. The molecule has 120 valence electrons. The van der Waals surface area contributed by atoms with Crippen molar-refractivity contribution in [3.05, 3.63) is 52.4 Å². The number of nitrogens with zero attached hydrogens (tertiary/aromatic N) is 1. The van der Waals surface area contributed by atoms with Gasteiger partial charge in [-0.3, -0.25) is 4.79 Å². The summed E-state index contributed by atoms with van der Waals surface area (Å²) in [5.74, 6) is -0.631. The predicted molar refractivity (Wildman–Crippen MR) is 82.2 cm³/mol. The van der Waals surface area contributed by atoms with E-state index in [0.29, 0.717) is 17.2 Å². The van der Waals surface area contributed by atoms with E-state index in [1.54, 1.807) is 18.2 Å². The van der Waals surface area contributed by atoms with E-state index in [0.717, 1.165) is 24.0 Å². The van der Waals surface area contributed by atoms with E-state index in [9.17, 15) is 14.7 Å². The molecular weight excluding hydrogens is 296 g/mol. The molecule has 1 saturated carbocycles. The molecule has 1 aliphatic carbocycles. The number of carboxylic acids is 1. The number of hydrogen-bond donors (Lipinski definition) is 2. The number of amides is 1. The Labute approximate surface area is 133 Å². The molecule has 0 bridgehead atoms. The van der Waals surface area contributed by atoms with Crippen molar-refractivity contribution < 1.29 is 19.2 Å². The minimum atomic E-state index is -1.12. The summed E-state index contributed by atoms with van der Waals surface area (Å²) in [4.78, 5) is 23.8. The Hall–Kier alpha value is -2.63. The van der Waals surface area contributed by atoms with Crippen molar-refractivity contribution in [2.45, 2.75) is 38.6 Å². The van der Waals surface area contributed by atoms with Gasteiger partial charge in [-0.15, -0.1) is 0 Å². The smallest absolute Gasteiger partial charge is 0.330 e. The van der Waals surface area contributed by atoms with Gasteiger partial charge in [-0.25, -0.2) is 4.79 Å². The molecule has 1 atom stereocenters. The number of aryl methyl sites for hydroxylation is 2. The predicted octanol–water partition coefficient (Wildman–Crippen LogP) is 2.72. The molecule has 0 saturated heterocycles. The number of aromatic nitrogens is 1. The third kappa shape index (κ3) is 3.41. The Bertz CT molecular complexity index is 741. The number of carbonyl (C=O) groups is 2. The standard InChI is InChI=1S/C17H18N2O4/c1-9-5-10(2)7-12(6-9)15(17(21)22)18-16(20)13-8-14(23-19-13)11-3-4-11/h5-8,11,15H,3-4H2,1-2H3,(H,18,20)(H,21,22). The molecule has 6 nitrogen and oxygen atoms in total. The SMILES string of the molecule is Cc1cc(C)cc(C(NC(=O)c2cc(C3CC3)on2)C(=O)O)c1. The van der Waals surface area contributed by atoms with Gasteiger partial charge in [-0.05, 0) is 32.3 Å². The van der Waals surface area contributed by atoms with Crippen molar-refractivity contribution in [3.8, 4) is 0 Å². The van der Waals surface area contributed by atoms with E-state index in [1.165, 1.54) is 0 Å². The highest BCUT2D eigenvalue weighted by Crippen LogP contribution is 2.40.